The lowest BCUT2D eigenvalue weighted by Gasteiger charge is -2.01. The first kappa shape index (κ1) is 26.3. The average molecular weight is 548 g/mol. The molecule has 38 heavy (non-hydrogen) atoms. The number of amides is 1. The van der Waals surface area contributed by atoms with Crippen LogP contribution in [0.25, 0.3) is 28.7 Å². The Bertz CT molecular complexity index is 1600. The van der Waals surface area contributed by atoms with Crippen molar-refractivity contribution in [1.82, 2.24) is 5.32 Å². The number of thioether (sulfide) groups is 1. The van der Waals surface area contributed by atoms with Crippen LogP contribution in [0.1, 0.15) is 37.0 Å². The van der Waals surface area contributed by atoms with Crippen molar-refractivity contribution in [3.05, 3.63) is 100 Å². The number of carboxylic acid groups (broad SMARTS) is 2. The number of thiocarbonyl (C=S) groups is 1. The molecule has 190 valence electrons. The highest BCUT2D eigenvalue weighted by atomic mass is 32.2. The van der Waals surface area contributed by atoms with E-state index in [1.165, 1.54) is 18.2 Å². The molecule has 3 heterocycles. The van der Waals surface area contributed by atoms with E-state index in [1.807, 2.05) is 0 Å². The number of carbonyl (C=O) groups excluding carboxylic acids is 2. The molecule has 0 spiro atoms. The van der Waals surface area contributed by atoms with Crippen LogP contribution in [0.15, 0.2) is 86.5 Å². The molecule has 0 unspecified atom stereocenters. The van der Waals surface area contributed by atoms with E-state index in [4.69, 9.17) is 26.2 Å². The lowest BCUT2D eigenvalue weighted by Crippen LogP contribution is -2.17. The van der Waals surface area contributed by atoms with Gasteiger partial charge in [-0.1, -0.05) is 60.4 Å². The number of furan rings is 2. The molecule has 1 saturated heterocycles. The Balaban J connectivity index is 0.000000186. The number of hydrogen-bond acceptors (Lipinski definition) is 8. The van der Waals surface area contributed by atoms with Crippen molar-refractivity contribution in [3.63, 3.8) is 0 Å². The Morgan fingerprint density at radius 2 is 1.29 bits per heavy atom. The Morgan fingerprint density at radius 1 is 0.789 bits per heavy atom. The molecule has 4 aromatic rings. The van der Waals surface area contributed by atoms with Crippen LogP contribution in [0.2, 0.25) is 0 Å². The SMILES string of the molecule is O=C1NC(=S)S/C1=C\c1ccc(-c2ccccc2C(=O)O)o1.O=Cc1ccc(-c2ccccc2C(=O)O)o1. The molecule has 2 aromatic carbocycles. The predicted octanol–water partition coefficient (Wildman–Crippen LogP) is 5.59. The van der Waals surface area contributed by atoms with E-state index in [0.717, 1.165) is 11.8 Å². The van der Waals surface area contributed by atoms with E-state index in [2.05, 4.69) is 5.32 Å². The molecule has 0 aliphatic carbocycles. The topological polar surface area (TPSA) is 147 Å². The quantitative estimate of drug-likeness (QED) is 0.158. The summed E-state index contributed by atoms with van der Waals surface area (Å²) in [6.07, 6.45) is 2.15. The first-order valence-corrected chi connectivity index (χ1v) is 12.0. The van der Waals surface area contributed by atoms with Crippen LogP contribution in [-0.2, 0) is 4.79 Å². The lowest BCUT2D eigenvalue weighted by atomic mass is 10.1. The fourth-order valence-electron chi connectivity index (χ4n) is 3.46. The van der Waals surface area contributed by atoms with Crippen LogP contribution in [0.4, 0.5) is 0 Å². The number of rotatable bonds is 6. The number of aromatic carboxylic acids is 2. The van der Waals surface area contributed by atoms with Gasteiger partial charge in [0.2, 0.25) is 0 Å². The Labute approximate surface area is 224 Å². The molecule has 3 N–H and O–H groups in total. The Kier molecular flexibility index (Phi) is 8.00. The summed E-state index contributed by atoms with van der Waals surface area (Å²) in [5.74, 6) is -0.884. The van der Waals surface area contributed by atoms with Crippen molar-refractivity contribution in [1.29, 1.82) is 0 Å². The number of aldehydes is 1. The summed E-state index contributed by atoms with van der Waals surface area (Å²) in [5.41, 5.74) is 1.25. The minimum absolute atomic E-state index is 0.147. The molecule has 0 radical (unpaired) electrons. The van der Waals surface area contributed by atoms with Crippen molar-refractivity contribution in [2.75, 3.05) is 0 Å². The zero-order chi connectivity index (χ0) is 27.2. The molecule has 11 heteroatoms. The maximum absolute atomic E-state index is 11.6. The van der Waals surface area contributed by atoms with E-state index < -0.39 is 11.9 Å². The largest absolute Gasteiger partial charge is 0.478 e. The van der Waals surface area contributed by atoms with E-state index in [0.29, 0.717) is 43.9 Å². The molecule has 0 bridgehead atoms. The third-order valence-corrected chi connectivity index (χ3v) is 6.29. The van der Waals surface area contributed by atoms with Gasteiger partial charge in [-0.15, -0.1) is 0 Å². The van der Waals surface area contributed by atoms with Gasteiger partial charge in [0.1, 0.15) is 21.6 Å². The molecule has 1 fully saturated rings. The van der Waals surface area contributed by atoms with Crippen molar-refractivity contribution in [3.8, 4) is 22.6 Å². The van der Waals surface area contributed by atoms with E-state index in [-0.39, 0.29) is 22.8 Å². The molecule has 1 aliphatic rings. The normalized spacial score (nSPS) is 13.5. The molecule has 5 rings (SSSR count). The van der Waals surface area contributed by atoms with Gasteiger partial charge in [0.15, 0.2) is 12.0 Å². The second-order valence-electron chi connectivity index (χ2n) is 7.58. The summed E-state index contributed by atoms with van der Waals surface area (Å²) in [6, 6.07) is 19.5. The first-order chi connectivity index (χ1) is 18.3. The van der Waals surface area contributed by atoms with Crippen LogP contribution >= 0.6 is 24.0 Å². The second kappa shape index (κ2) is 11.5. The molecule has 1 amide bonds. The number of nitrogens with one attached hydrogen (secondary N) is 1. The van der Waals surface area contributed by atoms with E-state index >= 15 is 0 Å². The molecule has 9 nitrogen and oxygen atoms in total. The molecule has 0 saturated carbocycles. The minimum atomic E-state index is -1.03. The van der Waals surface area contributed by atoms with Gasteiger partial charge in [0.05, 0.1) is 16.0 Å². The summed E-state index contributed by atoms with van der Waals surface area (Å²) >= 11 is 6.07. The average Bonchev–Trinajstić information content (AvgIpc) is 3.65. The van der Waals surface area contributed by atoms with Gasteiger partial charge < -0.3 is 24.4 Å². The molecular formula is C27H17NO8S2. The van der Waals surface area contributed by atoms with Crippen molar-refractivity contribution in [2.45, 2.75) is 0 Å². The standard InChI is InChI=1S/C15H9NO4S2.C12H8O4/c17-13-12(22-15(21)16-13)7-8-5-6-11(20-8)9-3-1-2-4-10(9)14(18)19;13-7-8-5-6-11(16-8)9-3-1-2-4-10(9)12(14)15/h1-7H,(H,18,19)(H,16,17,21);1-7H,(H,14,15)/b12-7-;. The number of carbonyl (C=O) groups is 4. The lowest BCUT2D eigenvalue weighted by molar-refractivity contribution is -0.115. The highest BCUT2D eigenvalue weighted by molar-refractivity contribution is 8.26. The highest BCUT2D eigenvalue weighted by Crippen LogP contribution is 2.30. The van der Waals surface area contributed by atoms with Gasteiger partial charge in [-0.25, -0.2) is 9.59 Å². The fourth-order valence-corrected chi connectivity index (χ4v) is 4.48. The van der Waals surface area contributed by atoms with Crippen molar-refractivity contribution < 1.29 is 38.2 Å². The first-order valence-electron chi connectivity index (χ1n) is 10.8. The summed E-state index contributed by atoms with van der Waals surface area (Å²) in [5, 5.41) is 20.7. The zero-order valence-corrected chi connectivity index (χ0v) is 20.9. The monoisotopic (exact) mass is 547 g/mol. The van der Waals surface area contributed by atoms with Crippen LogP contribution in [0.5, 0.6) is 0 Å². The van der Waals surface area contributed by atoms with E-state index in [9.17, 15) is 24.3 Å². The highest BCUT2D eigenvalue weighted by Gasteiger charge is 2.23. The third-order valence-electron chi connectivity index (χ3n) is 5.13. The third kappa shape index (κ3) is 5.97. The minimum Gasteiger partial charge on any atom is -0.478 e. The van der Waals surface area contributed by atoms with E-state index in [1.54, 1.807) is 60.7 Å². The maximum atomic E-state index is 11.6. The molecule has 0 atom stereocenters. The van der Waals surface area contributed by atoms with Gasteiger partial charge in [0.25, 0.3) is 5.91 Å². The van der Waals surface area contributed by atoms with Gasteiger partial charge >= 0.3 is 11.9 Å². The van der Waals surface area contributed by atoms with Crippen LogP contribution in [-0.4, -0.2) is 38.7 Å². The number of hydrogen-bond donors (Lipinski definition) is 3. The zero-order valence-electron chi connectivity index (χ0n) is 19.2. The summed E-state index contributed by atoms with van der Waals surface area (Å²) in [7, 11) is 0. The van der Waals surface area contributed by atoms with Crippen LogP contribution in [0, 0.1) is 0 Å². The van der Waals surface area contributed by atoms with Crippen molar-refractivity contribution in [2.24, 2.45) is 0 Å². The number of carboxylic acids is 2. The van der Waals surface area contributed by atoms with Gasteiger partial charge in [-0.2, -0.15) is 0 Å². The second-order valence-corrected chi connectivity index (χ2v) is 9.29. The van der Waals surface area contributed by atoms with Gasteiger partial charge in [-0.3, -0.25) is 9.59 Å². The summed E-state index contributed by atoms with van der Waals surface area (Å²) in [4.78, 5) is 44.7. The van der Waals surface area contributed by atoms with Gasteiger partial charge in [0, 0.05) is 17.2 Å². The number of benzene rings is 2. The molecule has 2 aromatic heterocycles. The van der Waals surface area contributed by atoms with Crippen LogP contribution < -0.4 is 5.32 Å². The Hall–Kier alpha value is -4.74. The molecule has 1 aliphatic heterocycles. The predicted molar refractivity (Wildman–Crippen MR) is 144 cm³/mol. The van der Waals surface area contributed by atoms with Gasteiger partial charge in [-0.05, 0) is 36.4 Å². The maximum Gasteiger partial charge on any atom is 0.336 e. The summed E-state index contributed by atoms with van der Waals surface area (Å²) < 4.78 is 11.2. The molecular weight excluding hydrogens is 530 g/mol. The fraction of sp³-hybridized carbons (Fsp3) is 0. The van der Waals surface area contributed by atoms with Crippen molar-refractivity contribution >= 4 is 58.5 Å². The Morgan fingerprint density at radius 3 is 1.74 bits per heavy atom. The summed E-state index contributed by atoms with van der Waals surface area (Å²) in [6.45, 7) is 0. The smallest absolute Gasteiger partial charge is 0.336 e. The van der Waals surface area contributed by atoms with Crippen LogP contribution in [0.3, 0.4) is 0 Å².